The minimum Gasteiger partial charge on any atom is -0.509 e. The van der Waals surface area contributed by atoms with Gasteiger partial charge in [0.15, 0.2) is 0 Å². The van der Waals surface area contributed by atoms with Crippen molar-refractivity contribution in [2.24, 2.45) is 5.92 Å². The molecule has 0 aromatic carbocycles. The Bertz CT molecular complexity index is 415. The molecule has 112 valence electrons. The standard InChI is InChI=1S/C13H23BO5Si/c1-9(2)13(3,4)20-12-10(7-15)11(8-18-12)19-14(16-5)17-6/h8-9,15H,7H2,1-6H3. The van der Waals surface area contributed by atoms with Gasteiger partial charge in [0.1, 0.15) is 21.5 Å². The number of aliphatic hydroxyl groups excluding tert-OH is 1. The Morgan fingerprint density at radius 1 is 1.35 bits per heavy atom. The summed E-state index contributed by atoms with van der Waals surface area (Å²) < 4.78 is 21.0. The lowest BCUT2D eigenvalue weighted by atomic mass is 9.99. The molecule has 0 saturated heterocycles. The summed E-state index contributed by atoms with van der Waals surface area (Å²) in [6.07, 6.45) is 1.50. The van der Waals surface area contributed by atoms with Crippen molar-refractivity contribution in [1.82, 2.24) is 0 Å². The van der Waals surface area contributed by atoms with Crippen LogP contribution in [0.2, 0.25) is 5.04 Å². The van der Waals surface area contributed by atoms with Crippen molar-refractivity contribution in [1.29, 1.82) is 0 Å². The Hall–Kier alpha value is -0.758. The average Bonchev–Trinajstić information content (AvgIpc) is 2.76. The fourth-order valence-corrected chi connectivity index (χ4v) is 2.80. The topological polar surface area (TPSA) is 61.1 Å². The van der Waals surface area contributed by atoms with E-state index in [2.05, 4.69) is 27.7 Å². The highest BCUT2D eigenvalue weighted by atomic mass is 28.2. The van der Waals surface area contributed by atoms with E-state index in [0.717, 1.165) is 5.38 Å². The van der Waals surface area contributed by atoms with Crippen molar-refractivity contribution >= 4 is 22.2 Å². The Morgan fingerprint density at radius 2 is 1.95 bits per heavy atom. The highest BCUT2D eigenvalue weighted by molar-refractivity contribution is 6.55. The van der Waals surface area contributed by atoms with Crippen LogP contribution in [0, 0.1) is 5.92 Å². The van der Waals surface area contributed by atoms with Crippen LogP contribution in [0.25, 0.3) is 0 Å². The van der Waals surface area contributed by atoms with Gasteiger partial charge in [0.25, 0.3) is 0 Å². The van der Waals surface area contributed by atoms with E-state index in [-0.39, 0.29) is 11.6 Å². The van der Waals surface area contributed by atoms with Gasteiger partial charge in [-0.2, -0.15) is 0 Å². The van der Waals surface area contributed by atoms with Crippen LogP contribution < -0.4 is 10.0 Å². The summed E-state index contributed by atoms with van der Waals surface area (Å²) in [6, 6.07) is 0. The van der Waals surface area contributed by atoms with Crippen molar-refractivity contribution in [3.05, 3.63) is 11.8 Å². The van der Waals surface area contributed by atoms with E-state index in [9.17, 15) is 5.11 Å². The first-order chi connectivity index (χ1) is 9.35. The predicted octanol–water partition coefficient (Wildman–Crippen LogP) is 1.61. The molecule has 1 aromatic rings. The van der Waals surface area contributed by atoms with Gasteiger partial charge in [0, 0.05) is 14.2 Å². The summed E-state index contributed by atoms with van der Waals surface area (Å²) in [5, 5.41) is 10.4. The van der Waals surface area contributed by atoms with Gasteiger partial charge in [-0.15, -0.1) is 0 Å². The van der Waals surface area contributed by atoms with Gasteiger partial charge in [-0.1, -0.05) is 27.7 Å². The molecule has 5 nitrogen and oxygen atoms in total. The van der Waals surface area contributed by atoms with E-state index in [0.29, 0.717) is 26.8 Å². The second-order valence-corrected chi connectivity index (χ2v) is 7.44. The first kappa shape index (κ1) is 17.3. The molecule has 1 rings (SSSR count). The number of hydrogen-bond donors (Lipinski definition) is 1. The Kier molecular flexibility index (Phi) is 6.32. The van der Waals surface area contributed by atoms with Crippen molar-refractivity contribution in [3.63, 3.8) is 0 Å². The molecule has 0 spiro atoms. The SMILES string of the molecule is COB(OC)Oc1coc([Si]C(C)(C)C(C)C)c1CO. The van der Waals surface area contributed by atoms with Gasteiger partial charge in [-0.05, 0) is 11.0 Å². The number of rotatable bonds is 8. The molecule has 7 heteroatoms. The lowest BCUT2D eigenvalue weighted by molar-refractivity contribution is 0.198. The third-order valence-corrected chi connectivity index (χ3v) is 5.37. The Morgan fingerprint density at radius 3 is 2.40 bits per heavy atom. The molecule has 2 radical (unpaired) electrons. The molecular formula is C13H23BO5Si. The molecule has 1 N–H and O–H groups in total. The van der Waals surface area contributed by atoms with E-state index in [4.69, 9.17) is 18.4 Å². The van der Waals surface area contributed by atoms with Crippen molar-refractivity contribution < 1.29 is 23.5 Å². The number of aliphatic hydroxyl groups is 1. The van der Waals surface area contributed by atoms with Gasteiger partial charge in [-0.25, -0.2) is 0 Å². The van der Waals surface area contributed by atoms with E-state index >= 15 is 0 Å². The van der Waals surface area contributed by atoms with Crippen LogP contribution in [-0.2, 0) is 15.9 Å². The smallest absolute Gasteiger partial charge is 0.509 e. The van der Waals surface area contributed by atoms with Gasteiger partial charge < -0.3 is 23.5 Å². The molecule has 0 aliphatic heterocycles. The highest BCUT2D eigenvalue weighted by Gasteiger charge is 2.30. The summed E-state index contributed by atoms with van der Waals surface area (Å²) in [7, 11) is 2.60. The largest absolute Gasteiger partial charge is 0.712 e. The minimum atomic E-state index is -0.813. The fourth-order valence-electron chi connectivity index (χ4n) is 1.45. The zero-order valence-electron chi connectivity index (χ0n) is 13.0. The number of furan rings is 1. The first-order valence-corrected chi connectivity index (χ1v) is 7.57. The monoisotopic (exact) mass is 298 g/mol. The lowest BCUT2D eigenvalue weighted by Gasteiger charge is -2.27. The van der Waals surface area contributed by atoms with Crippen molar-refractivity contribution in [2.45, 2.75) is 39.3 Å². The van der Waals surface area contributed by atoms with Gasteiger partial charge in [0.2, 0.25) is 0 Å². The normalized spacial score (nSPS) is 12.0. The van der Waals surface area contributed by atoms with Crippen LogP contribution in [-0.4, -0.2) is 36.2 Å². The van der Waals surface area contributed by atoms with Crippen LogP contribution in [0.4, 0.5) is 0 Å². The van der Waals surface area contributed by atoms with Crippen LogP contribution >= 0.6 is 0 Å². The molecule has 20 heavy (non-hydrogen) atoms. The highest BCUT2D eigenvalue weighted by Crippen LogP contribution is 2.33. The van der Waals surface area contributed by atoms with E-state index in [1.54, 1.807) is 0 Å². The molecule has 0 bridgehead atoms. The van der Waals surface area contributed by atoms with E-state index in [1.165, 1.54) is 20.5 Å². The molecule has 1 aromatic heterocycles. The molecule has 0 aliphatic carbocycles. The van der Waals surface area contributed by atoms with Gasteiger partial charge >= 0.3 is 7.32 Å². The Balaban J connectivity index is 2.92. The van der Waals surface area contributed by atoms with E-state index < -0.39 is 7.32 Å². The van der Waals surface area contributed by atoms with Gasteiger partial charge in [0.05, 0.1) is 17.6 Å². The first-order valence-electron chi connectivity index (χ1n) is 6.57. The predicted molar refractivity (Wildman–Crippen MR) is 79.3 cm³/mol. The zero-order chi connectivity index (χ0) is 15.3. The molecule has 0 saturated carbocycles. The summed E-state index contributed by atoms with van der Waals surface area (Å²) >= 11 is 0. The number of hydrogen-bond acceptors (Lipinski definition) is 5. The van der Waals surface area contributed by atoms with Crippen LogP contribution in [0.5, 0.6) is 5.75 Å². The molecule has 0 atom stereocenters. The summed E-state index contributed by atoms with van der Waals surface area (Å²) in [5.74, 6) is 0.968. The third-order valence-electron chi connectivity index (χ3n) is 3.50. The summed E-state index contributed by atoms with van der Waals surface area (Å²) in [6.45, 7) is 8.60. The van der Waals surface area contributed by atoms with Crippen molar-refractivity contribution in [2.75, 3.05) is 14.2 Å². The molecular weight excluding hydrogens is 275 g/mol. The maximum absolute atomic E-state index is 9.56. The third kappa shape index (κ3) is 4.12. The van der Waals surface area contributed by atoms with E-state index in [1.807, 2.05) is 0 Å². The molecule has 1 heterocycles. The molecule has 0 fully saturated rings. The minimum absolute atomic E-state index is 0.0982. The zero-order valence-corrected chi connectivity index (χ0v) is 14.0. The summed E-state index contributed by atoms with van der Waals surface area (Å²) in [4.78, 5) is 0. The Labute approximate surface area is 123 Å². The second-order valence-electron chi connectivity index (χ2n) is 5.45. The van der Waals surface area contributed by atoms with Gasteiger partial charge in [-0.3, -0.25) is 0 Å². The lowest BCUT2D eigenvalue weighted by Crippen LogP contribution is -2.31. The second kappa shape index (κ2) is 7.31. The maximum Gasteiger partial charge on any atom is 0.712 e. The molecule has 0 unspecified atom stereocenters. The van der Waals surface area contributed by atoms with Crippen LogP contribution in [0.15, 0.2) is 10.7 Å². The quantitative estimate of drug-likeness (QED) is 0.739. The molecule has 0 amide bonds. The summed E-state index contributed by atoms with van der Waals surface area (Å²) in [5.41, 5.74) is 0.663. The average molecular weight is 298 g/mol. The van der Waals surface area contributed by atoms with Crippen LogP contribution in [0.3, 0.4) is 0 Å². The van der Waals surface area contributed by atoms with Crippen molar-refractivity contribution in [3.8, 4) is 5.75 Å². The fraction of sp³-hybridized carbons (Fsp3) is 0.692. The van der Waals surface area contributed by atoms with Crippen LogP contribution in [0.1, 0.15) is 33.3 Å². The molecule has 0 aliphatic rings. The maximum atomic E-state index is 9.56.